The van der Waals surface area contributed by atoms with Gasteiger partial charge in [-0.05, 0) is 51.7 Å². The fourth-order valence-corrected chi connectivity index (χ4v) is 1.94. The SMILES string of the molecule is CCN(CCCCC(C)(C)CN)CC(C)(C)O. The van der Waals surface area contributed by atoms with E-state index in [1.807, 2.05) is 13.8 Å². The minimum atomic E-state index is -0.591. The van der Waals surface area contributed by atoms with Crippen molar-refractivity contribution in [3.8, 4) is 0 Å². The van der Waals surface area contributed by atoms with Crippen molar-refractivity contribution in [1.82, 2.24) is 4.90 Å². The largest absolute Gasteiger partial charge is 0.389 e. The molecule has 0 amide bonds. The molecule has 0 aliphatic heterocycles. The number of likely N-dealkylation sites (N-methyl/N-ethyl adjacent to an activating group) is 1. The van der Waals surface area contributed by atoms with Crippen molar-refractivity contribution < 1.29 is 5.11 Å². The van der Waals surface area contributed by atoms with Crippen molar-refractivity contribution in [2.45, 2.75) is 59.5 Å². The van der Waals surface area contributed by atoms with Crippen LogP contribution in [0.25, 0.3) is 0 Å². The van der Waals surface area contributed by atoms with Crippen LogP contribution in [0.4, 0.5) is 0 Å². The third-order valence-electron chi connectivity index (χ3n) is 3.19. The van der Waals surface area contributed by atoms with Crippen LogP contribution in [0.1, 0.15) is 53.9 Å². The molecule has 0 rings (SSSR count). The van der Waals surface area contributed by atoms with Crippen molar-refractivity contribution in [2.75, 3.05) is 26.2 Å². The topological polar surface area (TPSA) is 49.5 Å². The molecular weight excluding hydrogens is 212 g/mol. The maximum Gasteiger partial charge on any atom is 0.0718 e. The summed E-state index contributed by atoms with van der Waals surface area (Å²) >= 11 is 0. The van der Waals surface area contributed by atoms with Gasteiger partial charge in [-0.3, -0.25) is 0 Å². The van der Waals surface area contributed by atoms with Crippen molar-refractivity contribution in [2.24, 2.45) is 11.1 Å². The molecule has 0 heterocycles. The fourth-order valence-electron chi connectivity index (χ4n) is 1.94. The van der Waals surface area contributed by atoms with E-state index < -0.39 is 5.60 Å². The Labute approximate surface area is 107 Å². The summed E-state index contributed by atoms with van der Waals surface area (Å²) in [4.78, 5) is 2.31. The van der Waals surface area contributed by atoms with Crippen LogP contribution in [0, 0.1) is 5.41 Å². The van der Waals surface area contributed by atoms with Crippen LogP contribution in [0.3, 0.4) is 0 Å². The lowest BCUT2D eigenvalue weighted by Crippen LogP contribution is -2.39. The van der Waals surface area contributed by atoms with Gasteiger partial charge in [0.1, 0.15) is 0 Å². The zero-order valence-electron chi connectivity index (χ0n) is 12.4. The lowest BCUT2D eigenvalue weighted by atomic mass is 9.87. The van der Waals surface area contributed by atoms with E-state index in [4.69, 9.17) is 5.73 Å². The molecule has 0 aromatic rings. The van der Waals surface area contributed by atoms with Crippen LogP contribution in [-0.2, 0) is 0 Å². The number of hydrogen-bond donors (Lipinski definition) is 2. The average molecular weight is 244 g/mol. The molecule has 0 unspecified atom stereocenters. The molecule has 0 aliphatic rings. The predicted molar refractivity (Wildman–Crippen MR) is 75.1 cm³/mol. The Balaban J connectivity index is 3.78. The molecule has 0 aromatic carbocycles. The number of nitrogens with two attached hydrogens (primary N) is 1. The molecule has 3 nitrogen and oxygen atoms in total. The minimum Gasteiger partial charge on any atom is -0.389 e. The Morgan fingerprint density at radius 1 is 1.12 bits per heavy atom. The highest BCUT2D eigenvalue weighted by Crippen LogP contribution is 2.21. The van der Waals surface area contributed by atoms with Crippen molar-refractivity contribution in [1.29, 1.82) is 0 Å². The molecule has 104 valence electrons. The molecule has 0 bridgehead atoms. The second-order valence-electron chi connectivity index (χ2n) is 6.51. The number of hydrogen-bond acceptors (Lipinski definition) is 3. The monoisotopic (exact) mass is 244 g/mol. The Morgan fingerprint density at radius 2 is 1.71 bits per heavy atom. The van der Waals surface area contributed by atoms with Crippen LogP contribution < -0.4 is 5.73 Å². The van der Waals surface area contributed by atoms with Crippen LogP contribution in [0.5, 0.6) is 0 Å². The van der Waals surface area contributed by atoms with E-state index in [1.54, 1.807) is 0 Å². The zero-order chi connectivity index (χ0) is 13.5. The van der Waals surface area contributed by atoms with E-state index >= 15 is 0 Å². The highest BCUT2D eigenvalue weighted by Gasteiger charge is 2.18. The number of rotatable bonds is 9. The van der Waals surface area contributed by atoms with Gasteiger partial charge in [-0.2, -0.15) is 0 Å². The summed E-state index contributed by atoms with van der Waals surface area (Å²) in [6.45, 7) is 13.9. The number of unbranched alkanes of at least 4 members (excludes halogenated alkanes) is 1. The van der Waals surface area contributed by atoms with E-state index in [2.05, 4.69) is 25.7 Å². The first kappa shape index (κ1) is 16.9. The Kier molecular flexibility index (Phi) is 7.29. The smallest absolute Gasteiger partial charge is 0.0718 e. The summed E-state index contributed by atoms with van der Waals surface area (Å²) in [5, 5.41) is 9.78. The summed E-state index contributed by atoms with van der Waals surface area (Å²) in [6, 6.07) is 0. The van der Waals surface area contributed by atoms with Crippen LogP contribution in [0.15, 0.2) is 0 Å². The van der Waals surface area contributed by atoms with Gasteiger partial charge in [-0.1, -0.05) is 27.2 Å². The van der Waals surface area contributed by atoms with Gasteiger partial charge in [-0.25, -0.2) is 0 Å². The maximum atomic E-state index is 9.78. The summed E-state index contributed by atoms with van der Waals surface area (Å²) in [7, 11) is 0. The van der Waals surface area contributed by atoms with E-state index in [1.165, 1.54) is 19.3 Å². The van der Waals surface area contributed by atoms with E-state index in [0.717, 1.165) is 26.2 Å². The number of nitrogens with zero attached hydrogens (tertiary/aromatic N) is 1. The van der Waals surface area contributed by atoms with Gasteiger partial charge in [-0.15, -0.1) is 0 Å². The Morgan fingerprint density at radius 3 is 2.12 bits per heavy atom. The van der Waals surface area contributed by atoms with Crippen LogP contribution in [0.2, 0.25) is 0 Å². The highest BCUT2D eigenvalue weighted by atomic mass is 16.3. The second kappa shape index (κ2) is 7.34. The van der Waals surface area contributed by atoms with Gasteiger partial charge in [0.05, 0.1) is 5.60 Å². The van der Waals surface area contributed by atoms with E-state index in [0.29, 0.717) is 0 Å². The van der Waals surface area contributed by atoms with Gasteiger partial charge in [0.25, 0.3) is 0 Å². The highest BCUT2D eigenvalue weighted by molar-refractivity contribution is 4.73. The number of aliphatic hydroxyl groups is 1. The van der Waals surface area contributed by atoms with Gasteiger partial charge in [0.15, 0.2) is 0 Å². The first-order valence-electron chi connectivity index (χ1n) is 6.85. The Bertz CT molecular complexity index is 197. The lowest BCUT2D eigenvalue weighted by Gasteiger charge is -2.28. The summed E-state index contributed by atoms with van der Waals surface area (Å²) < 4.78 is 0. The van der Waals surface area contributed by atoms with Crippen molar-refractivity contribution in [3.63, 3.8) is 0 Å². The fraction of sp³-hybridized carbons (Fsp3) is 1.00. The quantitative estimate of drug-likeness (QED) is 0.612. The molecule has 0 fully saturated rings. The third kappa shape index (κ3) is 9.57. The molecule has 0 spiro atoms. The van der Waals surface area contributed by atoms with Gasteiger partial charge < -0.3 is 15.7 Å². The van der Waals surface area contributed by atoms with E-state index in [-0.39, 0.29) is 5.41 Å². The van der Waals surface area contributed by atoms with Crippen molar-refractivity contribution in [3.05, 3.63) is 0 Å². The summed E-state index contributed by atoms with van der Waals surface area (Å²) in [5.74, 6) is 0. The molecule has 0 saturated carbocycles. The molecule has 0 atom stereocenters. The van der Waals surface area contributed by atoms with Crippen LogP contribution >= 0.6 is 0 Å². The molecule has 3 heteroatoms. The molecule has 0 aromatic heterocycles. The Hall–Kier alpha value is -0.120. The van der Waals surface area contributed by atoms with Gasteiger partial charge >= 0.3 is 0 Å². The normalized spacial score (nSPS) is 13.4. The molecule has 0 radical (unpaired) electrons. The molecule has 17 heavy (non-hydrogen) atoms. The first-order valence-corrected chi connectivity index (χ1v) is 6.85. The van der Waals surface area contributed by atoms with E-state index in [9.17, 15) is 5.11 Å². The summed E-state index contributed by atoms with van der Waals surface area (Å²) in [6.07, 6.45) is 3.59. The molecule has 0 saturated heterocycles. The minimum absolute atomic E-state index is 0.271. The standard InChI is InChI=1S/C14H32N2O/c1-6-16(12-14(4,5)17)10-8-7-9-13(2,3)11-15/h17H,6-12,15H2,1-5H3. The maximum absolute atomic E-state index is 9.78. The lowest BCUT2D eigenvalue weighted by molar-refractivity contribution is 0.0371. The zero-order valence-corrected chi connectivity index (χ0v) is 12.4. The van der Waals surface area contributed by atoms with Crippen LogP contribution in [-0.4, -0.2) is 41.8 Å². The first-order chi connectivity index (χ1) is 7.70. The average Bonchev–Trinajstić information content (AvgIpc) is 2.21. The molecule has 3 N–H and O–H groups in total. The second-order valence-corrected chi connectivity index (χ2v) is 6.51. The predicted octanol–water partition coefficient (Wildman–Crippen LogP) is 2.23. The van der Waals surface area contributed by atoms with Gasteiger partial charge in [0.2, 0.25) is 0 Å². The van der Waals surface area contributed by atoms with Gasteiger partial charge in [0, 0.05) is 6.54 Å². The molecule has 0 aliphatic carbocycles. The summed E-state index contributed by atoms with van der Waals surface area (Å²) in [5.41, 5.74) is 5.39. The van der Waals surface area contributed by atoms with Crippen molar-refractivity contribution >= 4 is 0 Å². The molecular formula is C14H32N2O. The third-order valence-corrected chi connectivity index (χ3v) is 3.19.